The number of benzene rings is 1. The molecule has 0 radical (unpaired) electrons. The standard InChI is InChI=1S/C14H16ClNO3.ClH/c1-3-19-11(17)7-14(2)10-5-4-8(15)6-9(10)12(18)13(14)16;/h4-6,13H,3,7,16H2,1-2H3;1H. The molecule has 0 amide bonds. The van der Waals surface area contributed by atoms with Gasteiger partial charge in [-0.2, -0.15) is 0 Å². The molecule has 2 N–H and O–H groups in total. The molecule has 1 aliphatic rings. The number of carbonyl (C=O) groups is 2. The molecule has 1 aromatic carbocycles. The Morgan fingerprint density at radius 1 is 1.50 bits per heavy atom. The molecule has 110 valence electrons. The quantitative estimate of drug-likeness (QED) is 0.869. The molecule has 2 atom stereocenters. The van der Waals surface area contributed by atoms with Gasteiger partial charge in [0.15, 0.2) is 5.78 Å². The summed E-state index contributed by atoms with van der Waals surface area (Å²) < 4.78 is 4.96. The van der Waals surface area contributed by atoms with Crippen molar-refractivity contribution in [1.29, 1.82) is 0 Å². The molecule has 20 heavy (non-hydrogen) atoms. The number of fused-ring (bicyclic) bond motifs is 1. The number of halogens is 2. The maximum absolute atomic E-state index is 12.2. The van der Waals surface area contributed by atoms with E-state index >= 15 is 0 Å². The SMILES string of the molecule is CCOC(=O)CC1(C)c2ccc(Cl)cc2C(=O)C1N.Cl. The van der Waals surface area contributed by atoms with E-state index in [2.05, 4.69) is 0 Å². The van der Waals surface area contributed by atoms with Gasteiger partial charge in [0, 0.05) is 16.0 Å². The second kappa shape index (κ2) is 6.12. The highest BCUT2D eigenvalue weighted by Crippen LogP contribution is 2.41. The fourth-order valence-corrected chi connectivity index (χ4v) is 2.73. The number of ketones is 1. The van der Waals surface area contributed by atoms with Crippen LogP contribution in [0.3, 0.4) is 0 Å². The molecule has 2 rings (SSSR count). The molecule has 0 aromatic heterocycles. The van der Waals surface area contributed by atoms with Crippen molar-refractivity contribution in [2.75, 3.05) is 6.61 Å². The summed E-state index contributed by atoms with van der Waals surface area (Å²) in [7, 11) is 0. The van der Waals surface area contributed by atoms with Gasteiger partial charge in [-0.1, -0.05) is 24.6 Å². The first-order valence-corrected chi connectivity index (χ1v) is 6.53. The van der Waals surface area contributed by atoms with Crippen molar-refractivity contribution < 1.29 is 14.3 Å². The maximum Gasteiger partial charge on any atom is 0.306 e. The van der Waals surface area contributed by atoms with Crippen LogP contribution in [0.5, 0.6) is 0 Å². The number of ether oxygens (including phenoxy) is 1. The van der Waals surface area contributed by atoms with Crippen LogP contribution in [0, 0.1) is 0 Å². The number of carbonyl (C=O) groups excluding carboxylic acids is 2. The van der Waals surface area contributed by atoms with Gasteiger partial charge in [-0.3, -0.25) is 9.59 Å². The van der Waals surface area contributed by atoms with Gasteiger partial charge in [0.05, 0.1) is 19.1 Å². The molecule has 2 unspecified atom stereocenters. The highest BCUT2D eigenvalue weighted by Gasteiger charge is 2.48. The van der Waals surface area contributed by atoms with Crippen LogP contribution in [0.25, 0.3) is 0 Å². The fourth-order valence-electron chi connectivity index (χ4n) is 2.56. The third-order valence-corrected chi connectivity index (χ3v) is 3.88. The summed E-state index contributed by atoms with van der Waals surface area (Å²) in [6.07, 6.45) is 0.0857. The monoisotopic (exact) mass is 317 g/mol. The lowest BCUT2D eigenvalue weighted by Gasteiger charge is -2.28. The van der Waals surface area contributed by atoms with E-state index in [0.29, 0.717) is 17.2 Å². The van der Waals surface area contributed by atoms with Gasteiger partial charge in [0.2, 0.25) is 0 Å². The molecule has 0 fully saturated rings. The second-order valence-electron chi connectivity index (χ2n) is 4.93. The lowest BCUT2D eigenvalue weighted by molar-refractivity contribution is -0.144. The van der Waals surface area contributed by atoms with E-state index < -0.39 is 11.5 Å². The van der Waals surface area contributed by atoms with E-state index in [0.717, 1.165) is 5.56 Å². The van der Waals surface area contributed by atoms with Crippen molar-refractivity contribution in [2.45, 2.75) is 31.7 Å². The van der Waals surface area contributed by atoms with Crippen LogP contribution < -0.4 is 5.73 Å². The highest BCUT2D eigenvalue weighted by molar-refractivity contribution is 6.31. The van der Waals surface area contributed by atoms with Gasteiger partial charge in [-0.15, -0.1) is 12.4 Å². The maximum atomic E-state index is 12.2. The molecule has 0 saturated heterocycles. The number of nitrogens with two attached hydrogens (primary N) is 1. The largest absolute Gasteiger partial charge is 0.466 e. The van der Waals surface area contributed by atoms with Gasteiger partial charge in [-0.25, -0.2) is 0 Å². The number of hydrogen-bond acceptors (Lipinski definition) is 4. The van der Waals surface area contributed by atoms with Crippen molar-refractivity contribution in [3.8, 4) is 0 Å². The van der Waals surface area contributed by atoms with Gasteiger partial charge >= 0.3 is 5.97 Å². The summed E-state index contributed by atoms with van der Waals surface area (Å²) in [5.74, 6) is -0.527. The molecular weight excluding hydrogens is 301 g/mol. The second-order valence-corrected chi connectivity index (χ2v) is 5.37. The minimum Gasteiger partial charge on any atom is -0.466 e. The first-order valence-electron chi connectivity index (χ1n) is 6.15. The Morgan fingerprint density at radius 2 is 2.15 bits per heavy atom. The number of hydrogen-bond donors (Lipinski definition) is 1. The summed E-state index contributed by atoms with van der Waals surface area (Å²) in [6.45, 7) is 3.87. The van der Waals surface area contributed by atoms with Gasteiger partial charge in [0.1, 0.15) is 0 Å². The minimum absolute atomic E-state index is 0. The third kappa shape index (κ3) is 2.68. The summed E-state index contributed by atoms with van der Waals surface area (Å²) in [4.78, 5) is 23.9. The third-order valence-electron chi connectivity index (χ3n) is 3.65. The number of esters is 1. The minimum atomic E-state index is -0.745. The van der Waals surface area contributed by atoms with Crippen molar-refractivity contribution in [3.63, 3.8) is 0 Å². The topological polar surface area (TPSA) is 69.4 Å². The smallest absolute Gasteiger partial charge is 0.306 e. The predicted octanol–water partition coefficient (Wildman–Crippen LogP) is 2.50. The van der Waals surface area contributed by atoms with Crippen LogP contribution in [0.2, 0.25) is 5.02 Å². The molecule has 0 spiro atoms. The van der Waals surface area contributed by atoms with Crippen LogP contribution in [0.1, 0.15) is 36.2 Å². The molecule has 1 aliphatic carbocycles. The molecule has 1 aromatic rings. The summed E-state index contributed by atoms with van der Waals surface area (Å²) in [5, 5.41) is 0.486. The molecule has 0 aliphatic heterocycles. The Kier molecular flexibility index (Phi) is 5.19. The fraction of sp³-hybridized carbons (Fsp3) is 0.429. The summed E-state index contributed by atoms with van der Waals surface area (Å²) in [5.41, 5.74) is 6.54. The van der Waals surface area contributed by atoms with E-state index in [-0.39, 0.29) is 30.6 Å². The average molecular weight is 318 g/mol. The summed E-state index contributed by atoms with van der Waals surface area (Å²) in [6, 6.07) is 4.33. The van der Waals surface area contributed by atoms with Crippen molar-refractivity contribution in [2.24, 2.45) is 5.73 Å². The molecule has 0 heterocycles. The van der Waals surface area contributed by atoms with Gasteiger partial charge < -0.3 is 10.5 Å². The predicted molar refractivity (Wildman–Crippen MR) is 79.6 cm³/mol. The Labute approximate surface area is 129 Å². The van der Waals surface area contributed by atoms with Crippen molar-refractivity contribution in [1.82, 2.24) is 0 Å². The van der Waals surface area contributed by atoms with Crippen molar-refractivity contribution in [3.05, 3.63) is 34.3 Å². The Balaban J connectivity index is 0.00000200. The van der Waals surface area contributed by atoms with E-state index in [4.69, 9.17) is 22.1 Å². The molecule has 6 heteroatoms. The van der Waals surface area contributed by atoms with Gasteiger partial charge in [-0.05, 0) is 24.6 Å². The van der Waals surface area contributed by atoms with Crippen LogP contribution in [-0.2, 0) is 14.9 Å². The first kappa shape index (κ1) is 17.0. The Morgan fingerprint density at radius 3 is 2.75 bits per heavy atom. The van der Waals surface area contributed by atoms with Crippen LogP contribution in [-0.4, -0.2) is 24.4 Å². The Bertz CT molecular complexity index is 547. The van der Waals surface area contributed by atoms with E-state index in [1.54, 1.807) is 25.1 Å². The first-order chi connectivity index (χ1) is 8.90. The summed E-state index contributed by atoms with van der Waals surface area (Å²) >= 11 is 5.90. The molecular formula is C14H17Cl2NO3. The average Bonchev–Trinajstić information content (AvgIpc) is 2.52. The van der Waals surface area contributed by atoms with Crippen LogP contribution in [0.4, 0.5) is 0 Å². The normalized spacial score (nSPS) is 24.0. The van der Waals surface area contributed by atoms with Crippen LogP contribution in [0.15, 0.2) is 18.2 Å². The molecule has 0 bridgehead atoms. The lowest BCUT2D eigenvalue weighted by atomic mass is 9.78. The highest BCUT2D eigenvalue weighted by atomic mass is 35.5. The zero-order valence-corrected chi connectivity index (χ0v) is 12.9. The zero-order valence-electron chi connectivity index (χ0n) is 11.3. The van der Waals surface area contributed by atoms with Gasteiger partial charge in [0.25, 0.3) is 0 Å². The van der Waals surface area contributed by atoms with E-state index in [1.165, 1.54) is 0 Å². The molecule has 4 nitrogen and oxygen atoms in total. The zero-order chi connectivity index (χ0) is 14.2. The lowest BCUT2D eigenvalue weighted by Crippen LogP contribution is -2.44. The van der Waals surface area contributed by atoms with E-state index in [9.17, 15) is 9.59 Å². The number of Topliss-reactive ketones (excluding diaryl/α,β-unsaturated/α-hetero) is 1. The van der Waals surface area contributed by atoms with Crippen LogP contribution >= 0.6 is 24.0 Å². The molecule has 0 saturated carbocycles. The van der Waals surface area contributed by atoms with E-state index in [1.807, 2.05) is 6.92 Å². The Hall–Kier alpha value is -1.10. The van der Waals surface area contributed by atoms with Crippen molar-refractivity contribution >= 4 is 35.8 Å². The number of rotatable bonds is 3.